The molecule has 4 rings (SSSR count). The number of hydrogen-bond donors (Lipinski definition) is 1. The molecule has 3 heteroatoms. The van der Waals surface area contributed by atoms with Crippen molar-refractivity contribution in [2.45, 2.75) is 125 Å². The zero-order chi connectivity index (χ0) is 25.6. The molecule has 0 aromatic heterocycles. The predicted molar refractivity (Wildman–Crippen MR) is 144 cm³/mol. The lowest BCUT2D eigenvalue weighted by Gasteiger charge is -2.66. The van der Waals surface area contributed by atoms with E-state index in [4.69, 9.17) is 4.74 Å². The van der Waals surface area contributed by atoms with Gasteiger partial charge in [0.15, 0.2) is 0 Å². The van der Waals surface area contributed by atoms with Crippen LogP contribution in [0.3, 0.4) is 0 Å². The molecule has 0 bridgehead atoms. The van der Waals surface area contributed by atoms with Crippen LogP contribution in [-0.4, -0.2) is 23.8 Å². The average molecular weight is 487 g/mol. The van der Waals surface area contributed by atoms with E-state index in [2.05, 4.69) is 47.6 Å². The minimum atomic E-state index is -0.332. The number of esters is 1. The molecule has 6 unspecified atom stereocenters. The first kappa shape index (κ1) is 27.2. The molecule has 9 atom stereocenters. The topological polar surface area (TPSA) is 46.5 Å². The highest BCUT2D eigenvalue weighted by molar-refractivity contribution is 5.65. The minimum absolute atomic E-state index is 0.200. The Morgan fingerprint density at radius 1 is 1.03 bits per heavy atom. The van der Waals surface area contributed by atoms with Crippen LogP contribution in [0.4, 0.5) is 0 Å². The fourth-order valence-electron chi connectivity index (χ4n) is 9.78. The van der Waals surface area contributed by atoms with E-state index < -0.39 is 0 Å². The fourth-order valence-corrected chi connectivity index (χ4v) is 9.78. The highest BCUT2D eigenvalue weighted by Gasteiger charge is 2.63. The van der Waals surface area contributed by atoms with E-state index in [9.17, 15) is 9.90 Å². The molecule has 0 aromatic rings. The van der Waals surface area contributed by atoms with Crippen molar-refractivity contribution >= 4 is 5.97 Å². The summed E-state index contributed by atoms with van der Waals surface area (Å²) in [5, 5.41) is 11.4. The lowest BCUT2D eigenvalue weighted by Crippen LogP contribution is -2.59. The van der Waals surface area contributed by atoms with Crippen LogP contribution in [0.1, 0.15) is 119 Å². The summed E-state index contributed by atoms with van der Waals surface area (Å²) in [6.45, 7) is 16.6. The largest absolute Gasteiger partial charge is 0.466 e. The van der Waals surface area contributed by atoms with Crippen molar-refractivity contribution < 1.29 is 14.6 Å². The summed E-state index contributed by atoms with van der Waals surface area (Å²) in [4.78, 5) is 11.2. The average Bonchev–Trinajstić information content (AvgIpc) is 3.14. The van der Waals surface area contributed by atoms with Crippen LogP contribution >= 0.6 is 0 Å². The fraction of sp³-hybridized carbons (Fsp3) is 0.906. The molecule has 200 valence electrons. The second-order valence-electron chi connectivity index (χ2n) is 14.1. The molecule has 0 radical (unpaired) electrons. The standard InChI is InChI=1S/C32H54O3/c1-21(2)24(15-19-35-23(4)33)20-29(34)22(3)26-13-14-27-28-12-11-25-10-8-9-16-31(25,6)32(28,7)18-17-30(26,27)5/h13,21-22,24-25,27-29,34H,8-12,14-20H2,1-7H3/t22?,24?,25?,27?,28?,29?,30-,31+,32+/m1/s1. The first-order valence-electron chi connectivity index (χ1n) is 15.0. The van der Waals surface area contributed by atoms with Crippen LogP contribution in [0.5, 0.6) is 0 Å². The van der Waals surface area contributed by atoms with Gasteiger partial charge in [-0.05, 0) is 104 Å². The summed E-state index contributed by atoms with van der Waals surface area (Å²) in [5.74, 6) is 3.34. The van der Waals surface area contributed by atoms with Crippen molar-refractivity contribution in [2.75, 3.05) is 6.61 Å². The summed E-state index contributed by atoms with van der Waals surface area (Å²) in [5.41, 5.74) is 2.80. The Hall–Kier alpha value is -0.830. The molecule has 1 N–H and O–H groups in total. The maximum Gasteiger partial charge on any atom is 0.302 e. The monoisotopic (exact) mass is 486 g/mol. The van der Waals surface area contributed by atoms with E-state index in [1.807, 2.05) is 0 Å². The van der Waals surface area contributed by atoms with Gasteiger partial charge in [-0.2, -0.15) is 0 Å². The number of aliphatic hydroxyl groups is 1. The van der Waals surface area contributed by atoms with E-state index in [0.29, 0.717) is 29.3 Å². The van der Waals surface area contributed by atoms with Gasteiger partial charge in [0.2, 0.25) is 0 Å². The van der Waals surface area contributed by atoms with Crippen molar-refractivity contribution in [2.24, 2.45) is 51.8 Å². The molecule has 0 heterocycles. The van der Waals surface area contributed by atoms with Crippen LogP contribution in [0.25, 0.3) is 0 Å². The van der Waals surface area contributed by atoms with Gasteiger partial charge in [-0.1, -0.05) is 66.0 Å². The van der Waals surface area contributed by atoms with Gasteiger partial charge in [-0.25, -0.2) is 0 Å². The van der Waals surface area contributed by atoms with Crippen LogP contribution in [0.15, 0.2) is 11.6 Å². The van der Waals surface area contributed by atoms with Crippen LogP contribution in [-0.2, 0) is 9.53 Å². The van der Waals surface area contributed by atoms with Gasteiger partial charge in [0.1, 0.15) is 0 Å². The Kier molecular flexibility index (Phi) is 7.89. The molecule has 3 saturated carbocycles. The Bertz CT molecular complexity index is 801. The Balaban J connectivity index is 1.46. The van der Waals surface area contributed by atoms with Crippen LogP contribution < -0.4 is 0 Å². The highest BCUT2D eigenvalue weighted by atomic mass is 16.5. The van der Waals surface area contributed by atoms with E-state index in [0.717, 1.165) is 30.6 Å². The second kappa shape index (κ2) is 10.1. The van der Waals surface area contributed by atoms with Gasteiger partial charge in [0.25, 0.3) is 0 Å². The lowest BCUT2D eigenvalue weighted by atomic mass is 9.38. The van der Waals surface area contributed by atoms with Gasteiger partial charge in [-0.3, -0.25) is 4.79 Å². The Morgan fingerprint density at radius 2 is 1.77 bits per heavy atom. The molecule has 35 heavy (non-hydrogen) atoms. The van der Waals surface area contributed by atoms with E-state index in [1.165, 1.54) is 64.7 Å². The number of rotatable bonds is 8. The number of hydrogen-bond acceptors (Lipinski definition) is 3. The molecule has 4 aliphatic carbocycles. The van der Waals surface area contributed by atoms with E-state index in [-0.39, 0.29) is 23.4 Å². The summed E-state index contributed by atoms with van der Waals surface area (Å²) in [6, 6.07) is 0. The van der Waals surface area contributed by atoms with Gasteiger partial charge in [0.05, 0.1) is 12.7 Å². The van der Waals surface area contributed by atoms with E-state index >= 15 is 0 Å². The number of aliphatic hydroxyl groups excluding tert-OH is 1. The second-order valence-corrected chi connectivity index (χ2v) is 14.1. The van der Waals surface area contributed by atoms with Crippen molar-refractivity contribution in [1.82, 2.24) is 0 Å². The Labute approximate surface area is 215 Å². The summed E-state index contributed by atoms with van der Waals surface area (Å²) < 4.78 is 5.22. The quantitative estimate of drug-likeness (QED) is 0.280. The molecular weight excluding hydrogens is 432 g/mol. The number of fused-ring (bicyclic) bond motifs is 5. The van der Waals surface area contributed by atoms with Crippen molar-refractivity contribution in [3.63, 3.8) is 0 Å². The van der Waals surface area contributed by atoms with Gasteiger partial charge < -0.3 is 9.84 Å². The third-order valence-corrected chi connectivity index (χ3v) is 12.4. The number of carbonyl (C=O) groups excluding carboxylic acids is 1. The number of ether oxygens (including phenoxy) is 1. The normalized spacial score (nSPS) is 41.3. The first-order chi connectivity index (χ1) is 16.4. The van der Waals surface area contributed by atoms with Crippen LogP contribution in [0.2, 0.25) is 0 Å². The summed E-state index contributed by atoms with van der Waals surface area (Å²) in [6.07, 6.45) is 16.3. The predicted octanol–water partition coefficient (Wildman–Crippen LogP) is 7.96. The molecule has 3 fully saturated rings. The first-order valence-corrected chi connectivity index (χ1v) is 15.0. The minimum Gasteiger partial charge on any atom is -0.466 e. The van der Waals surface area contributed by atoms with Gasteiger partial charge >= 0.3 is 5.97 Å². The maximum atomic E-state index is 11.4. The number of carbonyl (C=O) groups is 1. The zero-order valence-corrected chi connectivity index (χ0v) is 23.9. The highest BCUT2D eigenvalue weighted by Crippen LogP contribution is 2.72. The molecule has 0 aromatic carbocycles. The molecule has 0 spiro atoms. The SMILES string of the molecule is CC(=O)OCCC(CC(O)C(C)C1=CCC2C3CCC4CCCC[C@]4(C)[C@@]3(C)CC[C@]12C)C(C)C. The summed E-state index contributed by atoms with van der Waals surface area (Å²) in [7, 11) is 0. The van der Waals surface area contributed by atoms with E-state index in [1.54, 1.807) is 5.57 Å². The summed E-state index contributed by atoms with van der Waals surface area (Å²) >= 11 is 0. The molecule has 3 nitrogen and oxygen atoms in total. The van der Waals surface area contributed by atoms with Crippen LogP contribution in [0, 0.1) is 51.8 Å². The van der Waals surface area contributed by atoms with Crippen molar-refractivity contribution in [3.8, 4) is 0 Å². The molecule has 4 aliphatic rings. The number of allylic oxidation sites excluding steroid dienone is 1. The molecule has 0 saturated heterocycles. The third kappa shape index (κ3) is 4.66. The smallest absolute Gasteiger partial charge is 0.302 e. The van der Waals surface area contributed by atoms with Crippen molar-refractivity contribution in [3.05, 3.63) is 11.6 Å². The van der Waals surface area contributed by atoms with Gasteiger partial charge in [-0.15, -0.1) is 0 Å². The third-order valence-electron chi connectivity index (χ3n) is 12.4. The molecular formula is C32H54O3. The zero-order valence-electron chi connectivity index (χ0n) is 23.9. The molecule has 0 amide bonds. The molecule has 0 aliphatic heterocycles. The maximum absolute atomic E-state index is 11.4. The Morgan fingerprint density at radius 3 is 2.46 bits per heavy atom. The van der Waals surface area contributed by atoms with Crippen molar-refractivity contribution in [1.29, 1.82) is 0 Å². The van der Waals surface area contributed by atoms with Gasteiger partial charge in [0, 0.05) is 12.8 Å². The lowest BCUT2D eigenvalue weighted by molar-refractivity contribution is -0.167.